The average molecular weight is 470 g/mol. The van der Waals surface area contributed by atoms with Crippen LogP contribution in [0.3, 0.4) is 0 Å². The lowest BCUT2D eigenvalue weighted by atomic mass is 10.2. The van der Waals surface area contributed by atoms with Crippen LogP contribution in [-0.2, 0) is 22.7 Å². The number of halogens is 4. The fourth-order valence-electron chi connectivity index (χ4n) is 3.51. The SMILES string of the molecule is O=S(=O)(c1ccccc1C(F)(F)F)N1CCN(Cc2nnnn2-c2cccc(F)c2)CC1. The van der Waals surface area contributed by atoms with Gasteiger partial charge in [0.1, 0.15) is 5.82 Å². The summed E-state index contributed by atoms with van der Waals surface area (Å²) in [4.78, 5) is 1.12. The molecule has 1 fully saturated rings. The summed E-state index contributed by atoms with van der Waals surface area (Å²) in [6.07, 6.45) is -4.78. The number of benzene rings is 2. The topological polar surface area (TPSA) is 84.2 Å². The number of aromatic nitrogens is 4. The molecule has 0 amide bonds. The standard InChI is InChI=1S/C19H18F4N6O2S/c20-14-4-3-5-15(12-14)29-18(24-25-26-29)13-27-8-10-28(11-9-27)32(30,31)17-7-2-1-6-16(17)19(21,22)23/h1-7,12H,8-11,13H2. The van der Waals surface area contributed by atoms with Gasteiger partial charge in [-0.25, -0.2) is 12.8 Å². The molecule has 1 aliphatic heterocycles. The molecule has 1 aromatic heterocycles. The molecule has 0 spiro atoms. The smallest absolute Gasteiger partial charge is 0.293 e. The Morgan fingerprint density at radius 3 is 2.38 bits per heavy atom. The van der Waals surface area contributed by atoms with Gasteiger partial charge in [-0.1, -0.05) is 18.2 Å². The van der Waals surface area contributed by atoms with Crippen molar-refractivity contribution in [1.29, 1.82) is 0 Å². The van der Waals surface area contributed by atoms with Crippen LogP contribution in [0.15, 0.2) is 53.4 Å². The molecular weight excluding hydrogens is 452 g/mol. The van der Waals surface area contributed by atoms with E-state index in [0.29, 0.717) is 11.5 Å². The molecular formula is C19H18F4N6O2S. The molecule has 1 aliphatic rings. The van der Waals surface area contributed by atoms with Gasteiger partial charge in [0, 0.05) is 26.2 Å². The number of sulfonamides is 1. The van der Waals surface area contributed by atoms with Gasteiger partial charge in [-0.3, -0.25) is 4.90 Å². The Morgan fingerprint density at radius 2 is 1.69 bits per heavy atom. The minimum absolute atomic E-state index is 0.00998. The molecule has 13 heteroatoms. The highest BCUT2D eigenvalue weighted by Gasteiger charge is 2.39. The Bertz CT molecular complexity index is 1210. The molecule has 0 N–H and O–H groups in total. The van der Waals surface area contributed by atoms with E-state index >= 15 is 0 Å². The molecule has 4 rings (SSSR count). The van der Waals surface area contributed by atoms with Crippen molar-refractivity contribution in [2.24, 2.45) is 0 Å². The van der Waals surface area contributed by atoms with Gasteiger partial charge in [0.15, 0.2) is 5.82 Å². The second kappa shape index (κ2) is 8.56. The number of piperazine rings is 1. The summed E-state index contributed by atoms with van der Waals surface area (Å²) in [6.45, 7) is 0.815. The molecule has 2 heterocycles. The van der Waals surface area contributed by atoms with Crippen LogP contribution in [0.25, 0.3) is 5.69 Å². The Balaban J connectivity index is 1.47. The summed E-state index contributed by atoms with van der Waals surface area (Å²) in [5, 5.41) is 11.4. The predicted octanol–water partition coefficient (Wildman–Crippen LogP) is 2.33. The zero-order valence-corrected chi connectivity index (χ0v) is 17.4. The maximum Gasteiger partial charge on any atom is 0.417 e. The van der Waals surface area contributed by atoms with Gasteiger partial charge in [0.05, 0.1) is 22.7 Å². The molecule has 0 aliphatic carbocycles. The van der Waals surface area contributed by atoms with Crippen molar-refractivity contribution in [3.63, 3.8) is 0 Å². The van der Waals surface area contributed by atoms with E-state index in [1.807, 2.05) is 4.90 Å². The van der Waals surface area contributed by atoms with Crippen LogP contribution in [0, 0.1) is 5.82 Å². The quantitative estimate of drug-likeness (QED) is 0.533. The summed E-state index contributed by atoms with van der Waals surface area (Å²) in [5.41, 5.74) is -0.744. The molecule has 170 valence electrons. The van der Waals surface area contributed by atoms with Crippen molar-refractivity contribution >= 4 is 10.0 Å². The molecule has 0 saturated carbocycles. The number of nitrogens with zero attached hydrogens (tertiary/aromatic N) is 6. The van der Waals surface area contributed by atoms with E-state index in [1.54, 1.807) is 6.07 Å². The van der Waals surface area contributed by atoms with E-state index in [-0.39, 0.29) is 32.7 Å². The number of hydrogen-bond acceptors (Lipinski definition) is 6. The van der Waals surface area contributed by atoms with E-state index in [1.165, 1.54) is 28.9 Å². The Hall–Kier alpha value is -2.90. The predicted molar refractivity (Wildman–Crippen MR) is 105 cm³/mol. The average Bonchev–Trinajstić information content (AvgIpc) is 3.22. The van der Waals surface area contributed by atoms with E-state index in [9.17, 15) is 26.0 Å². The largest absolute Gasteiger partial charge is 0.417 e. The zero-order chi connectivity index (χ0) is 22.9. The Morgan fingerprint density at radius 1 is 0.969 bits per heavy atom. The van der Waals surface area contributed by atoms with Crippen molar-refractivity contribution in [3.8, 4) is 5.69 Å². The first-order valence-corrected chi connectivity index (χ1v) is 11.0. The Labute approximate surface area is 181 Å². The van der Waals surface area contributed by atoms with Crippen molar-refractivity contribution in [2.45, 2.75) is 17.6 Å². The highest BCUT2D eigenvalue weighted by Crippen LogP contribution is 2.35. The van der Waals surface area contributed by atoms with Crippen LogP contribution in [0.2, 0.25) is 0 Å². The maximum absolute atomic E-state index is 13.5. The zero-order valence-electron chi connectivity index (χ0n) is 16.6. The normalized spacial score (nSPS) is 16.4. The summed E-state index contributed by atoms with van der Waals surface area (Å²) in [6, 6.07) is 9.90. The van der Waals surface area contributed by atoms with Crippen LogP contribution in [0.4, 0.5) is 17.6 Å². The molecule has 1 saturated heterocycles. The highest BCUT2D eigenvalue weighted by atomic mass is 32.2. The van der Waals surface area contributed by atoms with E-state index in [2.05, 4.69) is 15.5 Å². The summed E-state index contributed by atoms with van der Waals surface area (Å²) in [5.74, 6) is -0.0174. The minimum Gasteiger partial charge on any atom is -0.293 e. The first kappa shape index (κ1) is 22.3. The second-order valence-corrected chi connectivity index (χ2v) is 9.07. The second-order valence-electron chi connectivity index (χ2n) is 7.16. The lowest BCUT2D eigenvalue weighted by Crippen LogP contribution is -2.48. The van der Waals surface area contributed by atoms with Gasteiger partial charge in [-0.2, -0.15) is 22.2 Å². The molecule has 3 aromatic rings. The van der Waals surface area contributed by atoms with Crippen molar-refractivity contribution in [3.05, 3.63) is 65.7 Å². The molecule has 8 nitrogen and oxygen atoms in total. The van der Waals surface area contributed by atoms with Crippen LogP contribution in [0.1, 0.15) is 11.4 Å². The van der Waals surface area contributed by atoms with Gasteiger partial charge in [-0.05, 0) is 40.8 Å². The third-order valence-electron chi connectivity index (χ3n) is 5.09. The van der Waals surface area contributed by atoms with Gasteiger partial charge in [0.25, 0.3) is 0 Å². The van der Waals surface area contributed by atoms with Gasteiger partial charge in [0.2, 0.25) is 10.0 Å². The molecule has 2 aromatic carbocycles. The third-order valence-corrected chi connectivity index (χ3v) is 7.05. The highest BCUT2D eigenvalue weighted by molar-refractivity contribution is 7.89. The number of hydrogen-bond donors (Lipinski definition) is 0. The molecule has 0 atom stereocenters. The van der Waals surface area contributed by atoms with E-state index in [4.69, 9.17) is 0 Å². The van der Waals surface area contributed by atoms with Gasteiger partial charge >= 0.3 is 6.18 Å². The monoisotopic (exact) mass is 470 g/mol. The first-order chi connectivity index (χ1) is 15.2. The maximum atomic E-state index is 13.5. The van der Waals surface area contributed by atoms with Crippen LogP contribution < -0.4 is 0 Å². The number of alkyl halides is 3. The molecule has 0 bridgehead atoms. The lowest BCUT2D eigenvalue weighted by Gasteiger charge is -2.34. The van der Waals surface area contributed by atoms with Crippen LogP contribution >= 0.6 is 0 Å². The van der Waals surface area contributed by atoms with E-state index in [0.717, 1.165) is 22.5 Å². The Kier molecular flexibility index (Phi) is 5.97. The first-order valence-electron chi connectivity index (χ1n) is 9.58. The minimum atomic E-state index is -4.78. The fourth-order valence-corrected chi connectivity index (χ4v) is 5.14. The van der Waals surface area contributed by atoms with Crippen molar-refractivity contribution < 1.29 is 26.0 Å². The van der Waals surface area contributed by atoms with Crippen LogP contribution in [-0.4, -0.2) is 64.0 Å². The van der Waals surface area contributed by atoms with E-state index < -0.39 is 32.5 Å². The van der Waals surface area contributed by atoms with Gasteiger partial charge < -0.3 is 0 Å². The van der Waals surface area contributed by atoms with Crippen molar-refractivity contribution in [2.75, 3.05) is 26.2 Å². The summed E-state index contributed by atoms with van der Waals surface area (Å²) in [7, 11) is -4.32. The summed E-state index contributed by atoms with van der Waals surface area (Å²) < 4.78 is 81.6. The number of rotatable bonds is 5. The van der Waals surface area contributed by atoms with Crippen molar-refractivity contribution in [1.82, 2.24) is 29.4 Å². The number of tetrazole rings is 1. The molecule has 0 unspecified atom stereocenters. The van der Waals surface area contributed by atoms with Gasteiger partial charge in [-0.15, -0.1) is 5.10 Å². The fraction of sp³-hybridized carbons (Fsp3) is 0.316. The molecule has 0 radical (unpaired) electrons. The molecule has 32 heavy (non-hydrogen) atoms. The lowest BCUT2D eigenvalue weighted by molar-refractivity contribution is -0.139. The van der Waals surface area contributed by atoms with Crippen LogP contribution in [0.5, 0.6) is 0 Å². The third kappa shape index (κ3) is 4.49. The summed E-state index contributed by atoms with van der Waals surface area (Å²) >= 11 is 0.